The molecule has 1 aromatic rings. The van der Waals surface area contributed by atoms with Crippen molar-refractivity contribution in [3.05, 3.63) is 35.9 Å². The topological polar surface area (TPSA) is 29.5 Å². The zero-order chi connectivity index (χ0) is 18.3. The number of quaternary nitrogens is 1. The molecule has 3 aliphatic heterocycles. The molecule has 3 nitrogen and oxygen atoms in total. The van der Waals surface area contributed by atoms with Crippen LogP contribution in [0.2, 0.25) is 0 Å². The first-order chi connectivity index (χ1) is 13.2. The molecule has 0 spiro atoms. The van der Waals surface area contributed by atoms with E-state index in [0.717, 1.165) is 24.3 Å². The smallest absolute Gasteiger partial charge is 0.116 e. The molecule has 1 N–H and O–H groups in total. The van der Waals surface area contributed by atoms with Crippen LogP contribution in [0.4, 0.5) is 0 Å². The Bertz CT molecular complexity index is 635. The molecule has 2 aliphatic carbocycles. The minimum absolute atomic E-state index is 0. The van der Waals surface area contributed by atoms with E-state index in [1.54, 1.807) is 0 Å². The summed E-state index contributed by atoms with van der Waals surface area (Å²) in [7, 11) is 0. The number of nitrogens with zero attached hydrogens (tertiary/aromatic N) is 1. The van der Waals surface area contributed by atoms with E-state index in [-0.39, 0.29) is 17.0 Å². The van der Waals surface area contributed by atoms with E-state index in [9.17, 15) is 5.11 Å². The maximum Gasteiger partial charge on any atom is 0.116 e. The highest BCUT2D eigenvalue weighted by Crippen LogP contribution is 2.43. The summed E-state index contributed by atoms with van der Waals surface area (Å²) in [5.74, 6) is 2.04. The van der Waals surface area contributed by atoms with Gasteiger partial charge in [0.15, 0.2) is 0 Å². The lowest BCUT2D eigenvalue weighted by Crippen LogP contribution is -3.00. The van der Waals surface area contributed by atoms with Gasteiger partial charge in [-0.25, -0.2) is 0 Å². The van der Waals surface area contributed by atoms with E-state index in [1.807, 2.05) is 6.07 Å². The maximum atomic E-state index is 11.8. The summed E-state index contributed by atoms with van der Waals surface area (Å²) in [6.07, 6.45) is 10.6. The molecule has 0 amide bonds. The standard InChI is InChI=1S/C24H36NO2.BrH/c26-24(22-8-4-5-9-22,21-6-2-1-3-7-21)18-27-23-17-25(16-19-10-11-19)14-12-20(23)13-15-25;/h1-3,6-7,19-20,22-23,26H,4-5,8-18H2;1H/q+1;/p-1/t20?,23-,24-,25?;/m0./s1. The summed E-state index contributed by atoms with van der Waals surface area (Å²) in [4.78, 5) is 0. The molecule has 1 aromatic carbocycles. The predicted octanol–water partition coefficient (Wildman–Crippen LogP) is 1.10. The average molecular weight is 450 g/mol. The average Bonchev–Trinajstić information content (AvgIpc) is 3.33. The molecule has 3 saturated heterocycles. The Balaban J connectivity index is 0.00000192. The van der Waals surface area contributed by atoms with Gasteiger partial charge in [0.1, 0.15) is 18.2 Å². The van der Waals surface area contributed by atoms with Crippen LogP contribution in [0.15, 0.2) is 30.3 Å². The van der Waals surface area contributed by atoms with Crippen LogP contribution in [-0.4, -0.2) is 48.5 Å². The van der Waals surface area contributed by atoms with Crippen molar-refractivity contribution in [3.8, 4) is 0 Å². The molecule has 28 heavy (non-hydrogen) atoms. The van der Waals surface area contributed by atoms with Gasteiger partial charge in [-0.15, -0.1) is 0 Å². The molecule has 2 saturated carbocycles. The van der Waals surface area contributed by atoms with Gasteiger partial charge in [-0.1, -0.05) is 43.2 Å². The summed E-state index contributed by atoms with van der Waals surface area (Å²) in [5, 5.41) is 11.8. The van der Waals surface area contributed by atoms with Crippen LogP contribution in [0.25, 0.3) is 0 Å². The molecule has 156 valence electrons. The fourth-order valence-corrected chi connectivity index (χ4v) is 6.32. The number of hydrogen-bond donors (Lipinski definition) is 1. The van der Waals surface area contributed by atoms with Gasteiger partial charge in [-0.05, 0) is 37.2 Å². The summed E-state index contributed by atoms with van der Waals surface area (Å²) >= 11 is 0. The highest BCUT2D eigenvalue weighted by Gasteiger charge is 2.49. The molecule has 5 fully saturated rings. The van der Waals surface area contributed by atoms with Crippen molar-refractivity contribution >= 4 is 0 Å². The second-order valence-corrected chi connectivity index (χ2v) is 10.1. The summed E-state index contributed by atoms with van der Waals surface area (Å²) in [6, 6.07) is 10.3. The van der Waals surface area contributed by atoms with Gasteiger partial charge < -0.3 is 31.3 Å². The Labute approximate surface area is 180 Å². The van der Waals surface area contributed by atoms with Crippen LogP contribution >= 0.6 is 0 Å². The number of fused-ring (bicyclic) bond motifs is 3. The van der Waals surface area contributed by atoms with Crippen molar-refractivity contribution in [2.24, 2.45) is 17.8 Å². The van der Waals surface area contributed by atoms with Gasteiger partial charge in [0.25, 0.3) is 0 Å². The molecule has 0 radical (unpaired) electrons. The highest BCUT2D eigenvalue weighted by molar-refractivity contribution is 5.24. The molecule has 2 bridgehead atoms. The van der Waals surface area contributed by atoms with Crippen LogP contribution in [0.3, 0.4) is 0 Å². The number of benzene rings is 1. The van der Waals surface area contributed by atoms with Crippen LogP contribution in [-0.2, 0) is 10.3 Å². The third-order valence-electron chi connectivity index (χ3n) is 8.21. The fraction of sp³-hybridized carbons (Fsp3) is 0.750. The largest absolute Gasteiger partial charge is 1.00 e. The maximum absolute atomic E-state index is 11.8. The van der Waals surface area contributed by atoms with Crippen molar-refractivity contribution in [3.63, 3.8) is 0 Å². The molecule has 5 aliphatic rings. The van der Waals surface area contributed by atoms with Gasteiger partial charge in [0.2, 0.25) is 0 Å². The Morgan fingerprint density at radius 1 is 0.964 bits per heavy atom. The minimum Gasteiger partial charge on any atom is -1.00 e. The van der Waals surface area contributed by atoms with E-state index in [0.29, 0.717) is 24.5 Å². The Morgan fingerprint density at radius 2 is 1.64 bits per heavy atom. The number of rotatable bonds is 7. The lowest BCUT2D eigenvalue weighted by Gasteiger charge is -2.53. The van der Waals surface area contributed by atoms with Crippen LogP contribution in [0.1, 0.15) is 56.9 Å². The van der Waals surface area contributed by atoms with Crippen molar-refractivity contribution < 1.29 is 31.3 Å². The minimum atomic E-state index is -0.814. The Morgan fingerprint density at radius 3 is 2.29 bits per heavy atom. The zero-order valence-corrected chi connectivity index (χ0v) is 18.7. The van der Waals surface area contributed by atoms with Crippen molar-refractivity contribution in [2.45, 2.75) is 63.1 Å². The highest BCUT2D eigenvalue weighted by atomic mass is 79.9. The van der Waals surface area contributed by atoms with Gasteiger partial charge >= 0.3 is 0 Å². The summed E-state index contributed by atoms with van der Waals surface area (Å²) < 4.78 is 7.91. The second kappa shape index (κ2) is 8.37. The van der Waals surface area contributed by atoms with E-state index in [2.05, 4.69) is 24.3 Å². The summed E-state index contributed by atoms with van der Waals surface area (Å²) in [5.41, 5.74) is 0.241. The normalized spacial score (nSPS) is 34.8. The number of ether oxygens (including phenoxy) is 1. The van der Waals surface area contributed by atoms with Crippen molar-refractivity contribution in [1.29, 1.82) is 0 Å². The monoisotopic (exact) mass is 449 g/mol. The lowest BCUT2D eigenvalue weighted by atomic mass is 9.80. The number of aliphatic hydroxyl groups is 1. The lowest BCUT2D eigenvalue weighted by molar-refractivity contribution is -0.948. The van der Waals surface area contributed by atoms with Crippen LogP contribution < -0.4 is 17.0 Å². The molecule has 0 unspecified atom stereocenters. The van der Waals surface area contributed by atoms with E-state index < -0.39 is 5.60 Å². The third kappa shape index (κ3) is 4.08. The van der Waals surface area contributed by atoms with Gasteiger partial charge in [-0.2, -0.15) is 0 Å². The van der Waals surface area contributed by atoms with E-state index >= 15 is 0 Å². The Hall–Kier alpha value is -0.420. The van der Waals surface area contributed by atoms with Crippen molar-refractivity contribution in [2.75, 3.05) is 32.8 Å². The Kier molecular flexibility index (Phi) is 6.23. The first-order valence-corrected chi connectivity index (χ1v) is 11.4. The number of halogens is 1. The van der Waals surface area contributed by atoms with Crippen molar-refractivity contribution in [1.82, 2.24) is 0 Å². The first-order valence-electron chi connectivity index (χ1n) is 11.4. The molecule has 3 heterocycles. The van der Waals surface area contributed by atoms with Crippen LogP contribution in [0, 0.1) is 17.8 Å². The third-order valence-corrected chi connectivity index (χ3v) is 8.21. The molecule has 4 heteroatoms. The molecule has 2 atom stereocenters. The molecular weight excluding hydrogens is 414 g/mol. The van der Waals surface area contributed by atoms with Gasteiger partial charge in [0, 0.05) is 24.7 Å². The molecule has 0 aromatic heterocycles. The molecular formula is C24H36BrNO2. The van der Waals surface area contributed by atoms with E-state index in [1.165, 1.54) is 69.2 Å². The quantitative estimate of drug-likeness (QED) is 0.631. The molecule has 6 rings (SSSR count). The SMILES string of the molecule is O[C@@](CO[C@H]1C[N+]2(CC3CC3)CCC1CC2)(c1ccccc1)C1CCCC1.[Br-]. The van der Waals surface area contributed by atoms with Gasteiger partial charge in [-0.3, -0.25) is 0 Å². The van der Waals surface area contributed by atoms with Gasteiger partial charge in [0.05, 0.1) is 26.2 Å². The number of hydrogen-bond acceptors (Lipinski definition) is 2. The first kappa shape index (κ1) is 20.8. The second-order valence-electron chi connectivity index (χ2n) is 10.1. The van der Waals surface area contributed by atoms with E-state index in [4.69, 9.17) is 4.74 Å². The number of piperidine rings is 3. The summed E-state index contributed by atoms with van der Waals surface area (Å²) in [6.45, 7) is 5.79. The predicted molar refractivity (Wildman–Crippen MR) is 107 cm³/mol. The van der Waals surface area contributed by atoms with Crippen LogP contribution in [0.5, 0.6) is 0 Å². The zero-order valence-electron chi connectivity index (χ0n) is 17.1. The fourth-order valence-electron chi connectivity index (χ4n) is 6.32.